The van der Waals surface area contributed by atoms with E-state index < -0.39 is 12.1 Å². The molecular weight excluding hydrogens is 222 g/mol. The molecule has 0 aliphatic carbocycles. The van der Waals surface area contributed by atoms with E-state index in [9.17, 15) is 9.59 Å². The number of carbonyl (C=O) groups is 2. The van der Waals surface area contributed by atoms with Crippen molar-refractivity contribution in [1.29, 1.82) is 0 Å². The SMILES string of the molecule is CC/C=C(/C)C(=O)N1CCOC(C(=O)OC)C1. The zero-order valence-corrected chi connectivity index (χ0v) is 10.6. The maximum Gasteiger partial charge on any atom is 0.336 e. The number of nitrogens with zero attached hydrogens (tertiary/aromatic N) is 1. The number of carbonyl (C=O) groups excluding carboxylic acids is 2. The molecular formula is C12H19NO4. The predicted octanol–water partition coefficient (Wildman–Crippen LogP) is 0.743. The fraction of sp³-hybridized carbons (Fsp3) is 0.667. The average Bonchev–Trinajstić information content (AvgIpc) is 2.37. The van der Waals surface area contributed by atoms with Crippen molar-refractivity contribution < 1.29 is 19.1 Å². The molecule has 0 aromatic heterocycles. The Morgan fingerprint density at radius 2 is 2.24 bits per heavy atom. The molecule has 1 rings (SSSR count). The Kier molecular flexibility index (Phi) is 5.15. The largest absolute Gasteiger partial charge is 0.467 e. The number of hydrogen-bond acceptors (Lipinski definition) is 4. The number of allylic oxidation sites excluding steroid dienone is 1. The summed E-state index contributed by atoms with van der Waals surface area (Å²) in [5.41, 5.74) is 0.706. The van der Waals surface area contributed by atoms with Crippen LogP contribution in [0.15, 0.2) is 11.6 Å². The van der Waals surface area contributed by atoms with Gasteiger partial charge in [0.2, 0.25) is 5.91 Å². The van der Waals surface area contributed by atoms with Gasteiger partial charge in [-0.2, -0.15) is 0 Å². The summed E-state index contributed by atoms with van der Waals surface area (Å²) in [4.78, 5) is 25.0. The molecule has 0 aromatic rings. The van der Waals surface area contributed by atoms with Crippen molar-refractivity contribution in [3.63, 3.8) is 0 Å². The van der Waals surface area contributed by atoms with Crippen LogP contribution >= 0.6 is 0 Å². The maximum atomic E-state index is 12.0. The number of amides is 1. The minimum atomic E-state index is -0.660. The number of rotatable bonds is 3. The van der Waals surface area contributed by atoms with E-state index in [2.05, 4.69) is 4.74 Å². The van der Waals surface area contributed by atoms with E-state index in [0.717, 1.165) is 6.42 Å². The fourth-order valence-electron chi connectivity index (χ4n) is 1.75. The Hall–Kier alpha value is -1.36. The Morgan fingerprint density at radius 3 is 2.82 bits per heavy atom. The van der Waals surface area contributed by atoms with Crippen molar-refractivity contribution >= 4 is 11.9 Å². The zero-order chi connectivity index (χ0) is 12.8. The van der Waals surface area contributed by atoms with Gasteiger partial charge in [0.15, 0.2) is 6.10 Å². The highest BCUT2D eigenvalue weighted by Gasteiger charge is 2.30. The summed E-state index contributed by atoms with van der Waals surface area (Å²) in [6.45, 7) is 4.91. The van der Waals surface area contributed by atoms with Crippen LogP contribution in [0.25, 0.3) is 0 Å². The summed E-state index contributed by atoms with van der Waals surface area (Å²) in [6.07, 6.45) is 2.04. The first kappa shape index (κ1) is 13.7. The van der Waals surface area contributed by atoms with Crippen LogP contribution in [0.1, 0.15) is 20.3 Å². The van der Waals surface area contributed by atoms with Gasteiger partial charge in [-0.15, -0.1) is 0 Å². The predicted molar refractivity (Wildman–Crippen MR) is 62.4 cm³/mol. The fourth-order valence-corrected chi connectivity index (χ4v) is 1.75. The zero-order valence-electron chi connectivity index (χ0n) is 10.6. The molecule has 1 amide bonds. The molecule has 1 fully saturated rings. The van der Waals surface area contributed by atoms with Crippen molar-refractivity contribution in [3.05, 3.63) is 11.6 Å². The molecule has 5 nitrogen and oxygen atoms in total. The van der Waals surface area contributed by atoms with Gasteiger partial charge in [-0.3, -0.25) is 4.79 Å². The van der Waals surface area contributed by atoms with Crippen molar-refractivity contribution in [2.45, 2.75) is 26.4 Å². The van der Waals surface area contributed by atoms with Crippen LogP contribution in [-0.2, 0) is 19.1 Å². The van der Waals surface area contributed by atoms with Crippen LogP contribution in [0.2, 0.25) is 0 Å². The van der Waals surface area contributed by atoms with Crippen molar-refractivity contribution in [3.8, 4) is 0 Å². The number of ether oxygens (including phenoxy) is 2. The molecule has 1 aliphatic rings. The quantitative estimate of drug-likeness (QED) is 0.540. The summed E-state index contributed by atoms with van der Waals surface area (Å²) in [5.74, 6) is -0.469. The molecule has 17 heavy (non-hydrogen) atoms. The van der Waals surface area contributed by atoms with Gasteiger partial charge in [-0.25, -0.2) is 4.79 Å². The number of hydrogen-bond donors (Lipinski definition) is 0. The first-order valence-electron chi connectivity index (χ1n) is 5.75. The topological polar surface area (TPSA) is 55.8 Å². The van der Waals surface area contributed by atoms with Gasteiger partial charge in [-0.1, -0.05) is 13.0 Å². The molecule has 96 valence electrons. The van der Waals surface area contributed by atoms with Crippen LogP contribution in [0, 0.1) is 0 Å². The first-order chi connectivity index (χ1) is 8.10. The Labute approximate surface area is 101 Å². The van der Waals surface area contributed by atoms with Gasteiger partial charge in [0.1, 0.15) is 0 Å². The van der Waals surface area contributed by atoms with E-state index in [1.807, 2.05) is 13.0 Å². The van der Waals surface area contributed by atoms with Crippen molar-refractivity contribution in [1.82, 2.24) is 4.90 Å². The lowest BCUT2D eigenvalue weighted by Crippen LogP contribution is -2.49. The highest BCUT2D eigenvalue weighted by atomic mass is 16.6. The maximum absolute atomic E-state index is 12.0. The lowest BCUT2D eigenvalue weighted by Gasteiger charge is -2.31. The van der Waals surface area contributed by atoms with E-state index in [4.69, 9.17) is 4.74 Å². The second-order valence-corrected chi connectivity index (χ2v) is 3.93. The molecule has 1 aliphatic heterocycles. The second-order valence-electron chi connectivity index (χ2n) is 3.93. The van der Waals surface area contributed by atoms with Gasteiger partial charge in [0.05, 0.1) is 20.3 Å². The van der Waals surface area contributed by atoms with E-state index in [1.54, 1.807) is 11.8 Å². The molecule has 0 bridgehead atoms. The van der Waals surface area contributed by atoms with E-state index >= 15 is 0 Å². The standard InChI is InChI=1S/C12H19NO4/c1-4-5-9(2)11(14)13-6-7-17-10(8-13)12(15)16-3/h5,10H,4,6-8H2,1-3H3/b9-5-. The number of morpholine rings is 1. The molecule has 0 aromatic carbocycles. The summed E-state index contributed by atoms with van der Waals surface area (Å²) >= 11 is 0. The molecule has 1 unspecified atom stereocenters. The highest BCUT2D eigenvalue weighted by Crippen LogP contribution is 2.10. The molecule has 1 saturated heterocycles. The summed E-state index contributed by atoms with van der Waals surface area (Å²) < 4.78 is 9.87. The smallest absolute Gasteiger partial charge is 0.336 e. The summed E-state index contributed by atoms with van der Waals surface area (Å²) in [6, 6.07) is 0. The summed E-state index contributed by atoms with van der Waals surface area (Å²) in [5, 5.41) is 0. The first-order valence-corrected chi connectivity index (χ1v) is 5.75. The third-order valence-corrected chi connectivity index (χ3v) is 2.67. The molecule has 0 N–H and O–H groups in total. The monoisotopic (exact) mass is 241 g/mol. The van der Waals surface area contributed by atoms with Crippen LogP contribution in [0.3, 0.4) is 0 Å². The van der Waals surface area contributed by atoms with E-state index in [-0.39, 0.29) is 12.5 Å². The minimum absolute atomic E-state index is 0.0379. The third-order valence-electron chi connectivity index (χ3n) is 2.67. The molecule has 0 radical (unpaired) electrons. The van der Waals surface area contributed by atoms with Crippen LogP contribution in [0.5, 0.6) is 0 Å². The van der Waals surface area contributed by atoms with Gasteiger partial charge >= 0.3 is 5.97 Å². The molecule has 1 atom stereocenters. The average molecular weight is 241 g/mol. The van der Waals surface area contributed by atoms with Gasteiger partial charge < -0.3 is 14.4 Å². The summed E-state index contributed by atoms with van der Waals surface area (Å²) in [7, 11) is 1.31. The normalized spacial score (nSPS) is 21.2. The lowest BCUT2D eigenvalue weighted by molar-refractivity contribution is -0.161. The van der Waals surface area contributed by atoms with Gasteiger partial charge in [0, 0.05) is 12.1 Å². The minimum Gasteiger partial charge on any atom is -0.467 e. The highest BCUT2D eigenvalue weighted by molar-refractivity contribution is 5.93. The van der Waals surface area contributed by atoms with Crippen LogP contribution < -0.4 is 0 Å². The van der Waals surface area contributed by atoms with Gasteiger partial charge in [-0.05, 0) is 13.3 Å². The Bertz CT molecular complexity index is 324. The Balaban J connectivity index is 2.63. The van der Waals surface area contributed by atoms with Gasteiger partial charge in [0.25, 0.3) is 0 Å². The lowest BCUT2D eigenvalue weighted by atomic mass is 10.2. The second kappa shape index (κ2) is 6.39. The molecule has 5 heteroatoms. The number of esters is 1. The molecule has 0 saturated carbocycles. The molecule has 1 heterocycles. The van der Waals surface area contributed by atoms with E-state index in [1.165, 1.54) is 7.11 Å². The third kappa shape index (κ3) is 3.56. The van der Waals surface area contributed by atoms with Crippen molar-refractivity contribution in [2.24, 2.45) is 0 Å². The molecule has 0 spiro atoms. The van der Waals surface area contributed by atoms with E-state index in [0.29, 0.717) is 18.7 Å². The number of methoxy groups -OCH3 is 1. The Morgan fingerprint density at radius 1 is 1.53 bits per heavy atom. The van der Waals surface area contributed by atoms with Crippen LogP contribution in [0.4, 0.5) is 0 Å². The van der Waals surface area contributed by atoms with Crippen LogP contribution in [-0.4, -0.2) is 49.7 Å². The van der Waals surface area contributed by atoms with Crippen molar-refractivity contribution in [2.75, 3.05) is 26.8 Å².